The van der Waals surface area contributed by atoms with Crippen LogP contribution < -0.4 is 10.9 Å². The van der Waals surface area contributed by atoms with Gasteiger partial charge in [0.15, 0.2) is 5.82 Å². The number of rotatable bonds is 5. The molecule has 0 spiro atoms. The largest absolute Gasteiger partial charge is 0.348 e. The zero-order valence-electron chi connectivity index (χ0n) is 16.4. The number of benzene rings is 1. The molecule has 1 aliphatic rings. The third-order valence-electron chi connectivity index (χ3n) is 5.11. The molecule has 1 aromatic carbocycles. The molecule has 2 N–H and O–H groups in total. The fourth-order valence-corrected chi connectivity index (χ4v) is 3.45. The number of para-hydroxylation sites is 1. The number of hydrogen-bond donors (Lipinski definition) is 2. The molecule has 0 radical (unpaired) electrons. The lowest BCUT2D eigenvalue weighted by atomic mass is 10.2. The molecule has 1 saturated heterocycles. The summed E-state index contributed by atoms with van der Waals surface area (Å²) >= 11 is 0. The predicted octanol–water partition coefficient (Wildman–Crippen LogP) is 0.506. The molecule has 0 bridgehead atoms. The molecule has 1 aliphatic heterocycles. The highest BCUT2D eigenvalue weighted by atomic mass is 16.2. The lowest BCUT2D eigenvalue weighted by Crippen LogP contribution is -2.50. The van der Waals surface area contributed by atoms with Gasteiger partial charge in [0.25, 0.3) is 17.4 Å². The molecule has 3 aromatic rings. The Kier molecular flexibility index (Phi) is 5.80. The van der Waals surface area contributed by atoms with Gasteiger partial charge in [-0.2, -0.15) is 0 Å². The summed E-state index contributed by atoms with van der Waals surface area (Å²) in [7, 11) is 0. The van der Waals surface area contributed by atoms with Gasteiger partial charge in [0, 0.05) is 51.7 Å². The van der Waals surface area contributed by atoms with Gasteiger partial charge < -0.3 is 15.2 Å². The van der Waals surface area contributed by atoms with Crippen molar-refractivity contribution in [2.24, 2.45) is 0 Å². The van der Waals surface area contributed by atoms with Crippen LogP contribution in [0.1, 0.15) is 21.0 Å². The minimum atomic E-state index is -0.414. The number of hydrogen-bond acceptors (Lipinski definition) is 6. The van der Waals surface area contributed by atoms with E-state index in [9.17, 15) is 14.4 Å². The van der Waals surface area contributed by atoms with Crippen LogP contribution in [-0.4, -0.2) is 75.8 Å². The highest BCUT2D eigenvalue weighted by molar-refractivity contribution is 5.94. The van der Waals surface area contributed by atoms with Gasteiger partial charge in [-0.15, -0.1) is 0 Å². The Balaban J connectivity index is 1.26. The van der Waals surface area contributed by atoms with Crippen LogP contribution in [0.15, 0.2) is 53.6 Å². The second-order valence-corrected chi connectivity index (χ2v) is 7.06. The number of carbonyl (C=O) groups excluding carboxylic acids is 2. The molecule has 2 amide bonds. The lowest BCUT2D eigenvalue weighted by Gasteiger charge is -2.34. The van der Waals surface area contributed by atoms with Gasteiger partial charge in [0.05, 0.1) is 16.5 Å². The van der Waals surface area contributed by atoms with Crippen molar-refractivity contribution in [3.05, 3.63) is 70.5 Å². The van der Waals surface area contributed by atoms with Crippen LogP contribution in [0.4, 0.5) is 0 Å². The van der Waals surface area contributed by atoms with Crippen molar-refractivity contribution in [3.8, 4) is 0 Å². The number of pyridine rings is 1. The summed E-state index contributed by atoms with van der Waals surface area (Å²) in [5.41, 5.74) is 0.746. The van der Waals surface area contributed by atoms with Crippen molar-refractivity contribution in [1.29, 1.82) is 0 Å². The van der Waals surface area contributed by atoms with E-state index in [2.05, 4.69) is 25.2 Å². The molecule has 0 atom stereocenters. The molecule has 0 aliphatic carbocycles. The van der Waals surface area contributed by atoms with Gasteiger partial charge in [-0.1, -0.05) is 12.1 Å². The Hall–Kier alpha value is -3.59. The molecule has 9 nitrogen and oxygen atoms in total. The number of aromatic amines is 1. The number of nitrogens with zero attached hydrogens (tertiary/aromatic N) is 4. The maximum absolute atomic E-state index is 12.5. The lowest BCUT2D eigenvalue weighted by molar-refractivity contribution is 0.0637. The molecular formula is C21H22N6O3. The van der Waals surface area contributed by atoms with Crippen molar-refractivity contribution in [1.82, 2.24) is 30.1 Å². The van der Waals surface area contributed by atoms with Crippen molar-refractivity contribution in [2.75, 3.05) is 39.3 Å². The van der Waals surface area contributed by atoms with Crippen molar-refractivity contribution < 1.29 is 9.59 Å². The summed E-state index contributed by atoms with van der Waals surface area (Å²) in [5, 5.41) is 3.25. The summed E-state index contributed by atoms with van der Waals surface area (Å²) in [6.07, 6.45) is 3.22. The van der Waals surface area contributed by atoms with E-state index in [0.29, 0.717) is 42.6 Å². The SMILES string of the molecule is O=C(NCCN1CCN(C(=O)c2cccnc2)CC1)c1nc2ccccc2c(=O)[nH]1. The number of aromatic nitrogens is 3. The fourth-order valence-electron chi connectivity index (χ4n) is 3.45. The van der Waals surface area contributed by atoms with Gasteiger partial charge in [0.1, 0.15) is 0 Å². The Morgan fingerprint density at radius 1 is 1.07 bits per heavy atom. The topological polar surface area (TPSA) is 111 Å². The van der Waals surface area contributed by atoms with Crippen LogP contribution in [-0.2, 0) is 0 Å². The molecule has 30 heavy (non-hydrogen) atoms. The molecule has 2 aromatic heterocycles. The second-order valence-electron chi connectivity index (χ2n) is 7.06. The Labute approximate surface area is 172 Å². The van der Waals surface area contributed by atoms with Gasteiger partial charge >= 0.3 is 0 Å². The first kappa shape index (κ1) is 19.7. The molecule has 0 saturated carbocycles. The van der Waals surface area contributed by atoms with E-state index in [1.165, 1.54) is 0 Å². The molecular weight excluding hydrogens is 384 g/mol. The van der Waals surface area contributed by atoms with E-state index in [1.807, 2.05) is 4.90 Å². The fraction of sp³-hybridized carbons (Fsp3) is 0.286. The Bertz CT molecular complexity index is 1110. The van der Waals surface area contributed by atoms with Crippen molar-refractivity contribution in [2.45, 2.75) is 0 Å². The third kappa shape index (κ3) is 4.36. The van der Waals surface area contributed by atoms with Gasteiger partial charge in [-0.25, -0.2) is 4.98 Å². The quantitative estimate of drug-likeness (QED) is 0.639. The van der Waals surface area contributed by atoms with E-state index < -0.39 is 5.91 Å². The van der Waals surface area contributed by atoms with E-state index in [4.69, 9.17) is 0 Å². The molecule has 154 valence electrons. The molecule has 0 unspecified atom stereocenters. The van der Waals surface area contributed by atoms with E-state index >= 15 is 0 Å². The monoisotopic (exact) mass is 406 g/mol. The normalized spacial score (nSPS) is 14.6. The van der Waals surface area contributed by atoms with Crippen LogP contribution in [0.25, 0.3) is 10.9 Å². The van der Waals surface area contributed by atoms with Crippen LogP contribution in [0.3, 0.4) is 0 Å². The van der Waals surface area contributed by atoms with Crippen molar-refractivity contribution >= 4 is 22.7 Å². The number of piperazine rings is 1. The number of nitrogens with one attached hydrogen (secondary N) is 2. The van der Waals surface area contributed by atoms with Gasteiger partial charge in [-0.05, 0) is 24.3 Å². The van der Waals surface area contributed by atoms with E-state index in [1.54, 1.807) is 48.8 Å². The summed E-state index contributed by atoms with van der Waals surface area (Å²) < 4.78 is 0. The summed E-state index contributed by atoms with van der Waals surface area (Å²) in [5.74, 6) is -0.420. The zero-order chi connectivity index (χ0) is 20.9. The maximum atomic E-state index is 12.5. The summed E-state index contributed by atoms with van der Waals surface area (Å²) in [6, 6.07) is 10.4. The second kappa shape index (κ2) is 8.83. The number of H-pyrrole nitrogens is 1. The molecule has 1 fully saturated rings. The van der Waals surface area contributed by atoms with Crippen LogP contribution >= 0.6 is 0 Å². The average Bonchev–Trinajstić information content (AvgIpc) is 2.79. The first-order valence-corrected chi connectivity index (χ1v) is 9.81. The highest BCUT2D eigenvalue weighted by Crippen LogP contribution is 2.08. The zero-order valence-corrected chi connectivity index (χ0v) is 16.4. The first-order valence-electron chi connectivity index (χ1n) is 9.81. The number of amides is 2. The first-order chi connectivity index (χ1) is 14.6. The van der Waals surface area contributed by atoms with Crippen LogP contribution in [0, 0.1) is 0 Å². The third-order valence-corrected chi connectivity index (χ3v) is 5.11. The number of fused-ring (bicyclic) bond motifs is 1. The standard InChI is InChI=1S/C21H22N6O3/c28-19-16-5-1-2-6-17(16)24-18(25-19)20(29)23-8-9-26-10-12-27(13-11-26)21(30)15-4-3-7-22-14-15/h1-7,14H,8-13H2,(H,23,29)(H,24,25,28). The van der Waals surface area contributed by atoms with Gasteiger partial charge in [0.2, 0.25) is 0 Å². The van der Waals surface area contributed by atoms with Crippen molar-refractivity contribution in [3.63, 3.8) is 0 Å². The maximum Gasteiger partial charge on any atom is 0.287 e. The summed E-state index contributed by atoms with van der Waals surface area (Å²) in [4.78, 5) is 51.7. The van der Waals surface area contributed by atoms with Crippen LogP contribution in [0.2, 0.25) is 0 Å². The minimum absolute atomic E-state index is 0.00517. The number of carbonyl (C=O) groups is 2. The average molecular weight is 406 g/mol. The minimum Gasteiger partial charge on any atom is -0.348 e. The van der Waals surface area contributed by atoms with E-state index in [0.717, 1.165) is 13.1 Å². The van der Waals surface area contributed by atoms with Gasteiger partial charge in [-0.3, -0.25) is 24.3 Å². The highest BCUT2D eigenvalue weighted by Gasteiger charge is 2.22. The Morgan fingerprint density at radius 3 is 2.63 bits per heavy atom. The molecule has 4 rings (SSSR count). The van der Waals surface area contributed by atoms with E-state index in [-0.39, 0.29) is 17.3 Å². The smallest absolute Gasteiger partial charge is 0.287 e. The molecule has 9 heteroatoms. The summed E-state index contributed by atoms with van der Waals surface area (Å²) in [6.45, 7) is 3.78. The predicted molar refractivity (Wildman–Crippen MR) is 111 cm³/mol. The van der Waals surface area contributed by atoms with Crippen LogP contribution in [0.5, 0.6) is 0 Å². The Morgan fingerprint density at radius 2 is 1.87 bits per heavy atom. The molecule has 3 heterocycles.